The Morgan fingerprint density at radius 2 is 2.28 bits per heavy atom. The molecule has 2 rings (SSSR count). The quantitative estimate of drug-likeness (QED) is 0.788. The van der Waals surface area contributed by atoms with Crippen LogP contribution in [0.1, 0.15) is 50.7 Å². The van der Waals surface area contributed by atoms with Crippen molar-refractivity contribution in [3.05, 3.63) is 11.7 Å². The van der Waals surface area contributed by atoms with E-state index in [1.165, 1.54) is 0 Å². The Bertz CT molecular complexity index is 412. The molecule has 100 valence electrons. The van der Waals surface area contributed by atoms with Crippen molar-refractivity contribution in [2.75, 3.05) is 0 Å². The molecule has 1 fully saturated rings. The van der Waals surface area contributed by atoms with Gasteiger partial charge in [-0.2, -0.15) is 4.98 Å². The van der Waals surface area contributed by atoms with Crippen LogP contribution in [0.3, 0.4) is 0 Å². The van der Waals surface area contributed by atoms with Crippen LogP contribution in [0.15, 0.2) is 4.52 Å². The van der Waals surface area contributed by atoms with Gasteiger partial charge in [0, 0.05) is 5.92 Å². The third-order valence-electron chi connectivity index (χ3n) is 2.84. The first-order chi connectivity index (χ1) is 8.56. The van der Waals surface area contributed by atoms with E-state index in [9.17, 15) is 9.90 Å². The van der Waals surface area contributed by atoms with Crippen molar-refractivity contribution >= 4 is 5.91 Å². The number of nitrogens with zero attached hydrogens (tertiary/aromatic N) is 2. The second-order valence-electron chi connectivity index (χ2n) is 5.18. The first-order valence-corrected chi connectivity index (χ1v) is 6.34. The lowest BCUT2D eigenvalue weighted by Gasteiger charge is -2.11. The summed E-state index contributed by atoms with van der Waals surface area (Å²) in [5.74, 6) is 1.43. The number of hydrogen-bond acceptors (Lipinski definition) is 5. The summed E-state index contributed by atoms with van der Waals surface area (Å²) in [4.78, 5) is 15.7. The van der Waals surface area contributed by atoms with Crippen LogP contribution in [0, 0.1) is 5.92 Å². The molecule has 1 aromatic rings. The number of aliphatic hydroxyl groups excluding tert-OH is 1. The lowest BCUT2D eigenvalue weighted by atomic mass is 10.1. The minimum absolute atomic E-state index is 0.174. The fourth-order valence-corrected chi connectivity index (χ4v) is 1.68. The highest BCUT2D eigenvalue weighted by Crippen LogP contribution is 2.37. The summed E-state index contributed by atoms with van der Waals surface area (Å²) in [7, 11) is 0. The number of carbonyl (C=O) groups excluding carboxylic acids is 1. The maximum Gasteiger partial charge on any atom is 0.249 e. The molecular formula is C12H19N3O3. The smallest absolute Gasteiger partial charge is 0.249 e. The van der Waals surface area contributed by atoms with Gasteiger partial charge in [-0.15, -0.1) is 0 Å². The summed E-state index contributed by atoms with van der Waals surface area (Å²) in [6, 6.07) is 0. The largest absolute Gasteiger partial charge is 0.383 e. The molecule has 1 atom stereocenters. The molecule has 1 aliphatic rings. The van der Waals surface area contributed by atoms with Crippen molar-refractivity contribution in [2.24, 2.45) is 5.92 Å². The van der Waals surface area contributed by atoms with Gasteiger partial charge in [-0.25, -0.2) is 0 Å². The van der Waals surface area contributed by atoms with Gasteiger partial charge in [0.25, 0.3) is 0 Å². The van der Waals surface area contributed by atoms with E-state index in [4.69, 9.17) is 4.52 Å². The minimum Gasteiger partial charge on any atom is -0.383 e. The SMILES string of the molecule is CC(C)CC(O)C(=O)NCc1nc(C2CC2)no1. The van der Waals surface area contributed by atoms with Crippen molar-refractivity contribution in [3.8, 4) is 0 Å². The molecular weight excluding hydrogens is 234 g/mol. The van der Waals surface area contributed by atoms with Crippen LogP contribution in [0.25, 0.3) is 0 Å². The fraction of sp³-hybridized carbons (Fsp3) is 0.750. The first-order valence-electron chi connectivity index (χ1n) is 6.34. The van der Waals surface area contributed by atoms with E-state index < -0.39 is 12.0 Å². The second-order valence-corrected chi connectivity index (χ2v) is 5.18. The van der Waals surface area contributed by atoms with Gasteiger partial charge >= 0.3 is 0 Å². The van der Waals surface area contributed by atoms with Gasteiger partial charge in [0.15, 0.2) is 5.82 Å². The summed E-state index contributed by atoms with van der Waals surface area (Å²) in [6.07, 6.45) is 1.69. The van der Waals surface area contributed by atoms with Crippen molar-refractivity contribution in [1.29, 1.82) is 0 Å². The van der Waals surface area contributed by atoms with Gasteiger partial charge in [-0.3, -0.25) is 4.79 Å². The van der Waals surface area contributed by atoms with Crippen molar-refractivity contribution < 1.29 is 14.4 Å². The zero-order valence-electron chi connectivity index (χ0n) is 10.7. The van der Waals surface area contributed by atoms with E-state index in [0.717, 1.165) is 18.7 Å². The minimum atomic E-state index is -0.976. The normalized spacial score (nSPS) is 16.9. The zero-order chi connectivity index (χ0) is 13.1. The maximum atomic E-state index is 11.6. The molecule has 0 aliphatic heterocycles. The Kier molecular flexibility index (Phi) is 3.96. The molecule has 0 aromatic carbocycles. The van der Waals surface area contributed by atoms with Crippen molar-refractivity contribution in [1.82, 2.24) is 15.5 Å². The summed E-state index contributed by atoms with van der Waals surface area (Å²) < 4.78 is 5.02. The molecule has 6 nitrogen and oxygen atoms in total. The number of aromatic nitrogens is 2. The van der Waals surface area contributed by atoms with E-state index in [2.05, 4.69) is 15.5 Å². The molecule has 2 N–H and O–H groups in total. The number of amides is 1. The highest BCUT2D eigenvalue weighted by molar-refractivity contribution is 5.80. The number of hydrogen-bond donors (Lipinski definition) is 2. The van der Waals surface area contributed by atoms with Crippen LogP contribution < -0.4 is 5.32 Å². The Balaban J connectivity index is 1.77. The van der Waals surface area contributed by atoms with E-state index in [0.29, 0.717) is 18.2 Å². The molecule has 0 saturated heterocycles. The highest BCUT2D eigenvalue weighted by Gasteiger charge is 2.28. The number of nitrogens with one attached hydrogen (secondary N) is 1. The molecule has 1 unspecified atom stereocenters. The lowest BCUT2D eigenvalue weighted by molar-refractivity contribution is -0.130. The monoisotopic (exact) mass is 253 g/mol. The molecule has 1 amide bonds. The van der Waals surface area contributed by atoms with E-state index in [1.54, 1.807) is 0 Å². The van der Waals surface area contributed by atoms with Crippen molar-refractivity contribution in [3.63, 3.8) is 0 Å². The topological polar surface area (TPSA) is 88.2 Å². The molecule has 0 bridgehead atoms. The number of carbonyl (C=O) groups is 1. The molecule has 1 aromatic heterocycles. The molecule has 18 heavy (non-hydrogen) atoms. The van der Waals surface area contributed by atoms with Gasteiger partial charge in [-0.1, -0.05) is 19.0 Å². The van der Waals surface area contributed by atoms with E-state index >= 15 is 0 Å². The van der Waals surface area contributed by atoms with Crippen LogP contribution in [0.5, 0.6) is 0 Å². The van der Waals surface area contributed by atoms with E-state index in [1.807, 2.05) is 13.8 Å². The summed E-state index contributed by atoms with van der Waals surface area (Å²) in [6.45, 7) is 4.08. The average Bonchev–Trinajstić information content (AvgIpc) is 3.05. The van der Waals surface area contributed by atoms with Crippen LogP contribution in [0.4, 0.5) is 0 Å². The summed E-state index contributed by atoms with van der Waals surface area (Å²) >= 11 is 0. The predicted molar refractivity (Wildman–Crippen MR) is 63.6 cm³/mol. The Morgan fingerprint density at radius 3 is 2.89 bits per heavy atom. The predicted octanol–water partition coefficient (Wildman–Crippen LogP) is 0.970. The Labute approximate surface area is 106 Å². The van der Waals surface area contributed by atoms with Gasteiger partial charge < -0.3 is 14.9 Å². The average molecular weight is 253 g/mol. The standard InChI is InChI=1S/C12H19N3O3/c1-7(2)5-9(16)12(17)13-6-10-14-11(15-18-10)8-3-4-8/h7-9,16H,3-6H2,1-2H3,(H,13,17). The molecule has 1 saturated carbocycles. The molecule has 0 radical (unpaired) electrons. The molecule has 0 spiro atoms. The van der Waals surface area contributed by atoms with Crippen LogP contribution in [-0.2, 0) is 11.3 Å². The molecule has 1 heterocycles. The van der Waals surface area contributed by atoms with Gasteiger partial charge in [-0.05, 0) is 25.2 Å². The third-order valence-corrected chi connectivity index (χ3v) is 2.84. The van der Waals surface area contributed by atoms with Crippen molar-refractivity contribution in [2.45, 2.75) is 51.7 Å². The lowest BCUT2D eigenvalue weighted by Crippen LogP contribution is -2.35. The third kappa shape index (κ3) is 3.53. The van der Waals surface area contributed by atoms with Gasteiger partial charge in [0.1, 0.15) is 6.10 Å². The zero-order valence-corrected chi connectivity index (χ0v) is 10.7. The Morgan fingerprint density at radius 1 is 1.56 bits per heavy atom. The van der Waals surface area contributed by atoms with Crippen LogP contribution in [0.2, 0.25) is 0 Å². The van der Waals surface area contributed by atoms with E-state index in [-0.39, 0.29) is 12.5 Å². The molecule has 1 aliphatic carbocycles. The van der Waals surface area contributed by atoms with Crippen LogP contribution >= 0.6 is 0 Å². The second kappa shape index (κ2) is 5.48. The first kappa shape index (κ1) is 13.0. The fourth-order valence-electron chi connectivity index (χ4n) is 1.68. The van der Waals surface area contributed by atoms with Crippen LogP contribution in [-0.4, -0.2) is 27.3 Å². The molecule has 6 heteroatoms. The van der Waals surface area contributed by atoms with Gasteiger partial charge in [0.2, 0.25) is 11.8 Å². The highest BCUT2D eigenvalue weighted by atomic mass is 16.5. The number of rotatable bonds is 6. The summed E-state index contributed by atoms with van der Waals surface area (Å²) in [5, 5.41) is 16.0. The Hall–Kier alpha value is -1.43. The van der Waals surface area contributed by atoms with Gasteiger partial charge in [0.05, 0.1) is 6.54 Å². The maximum absolute atomic E-state index is 11.6. The summed E-state index contributed by atoms with van der Waals surface area (Å²) in [5.41, 5.74) is 0. The number of aliphatic hydroxyl groups is 1.